The van der Waals surface area contributed by atoms with Crippen molar-refractivity contribution in [1.29, 1.82) is 0 Å². The topological polar surface area (TPSA) is 27.7 Å². The highest BCUT2D eigenvalue weighted by atomic mass is 16.7. The Hall–Kier alpha value is -0.560. The Kier molecular flexibility index (Phi) is 13.6. The van der Waals surface area contributed by atoms with Crippen LogP contribution < -0.4 is 0 Å². The lowest BCUT2D eigenvalue weighted by Crippen LogP contribution is -2.22. The first-order chi connectivity index (χ1) is 10.9. The average Bonchev–Trinajstić information content (AvgIpc) is 2.56. The van der Waals surface area contributed by atoms with Crippen molar-refractivity contribution in [2.24, 2.45) is 0 Å². The van der Waals surface area contributed by atoms with E-state index in [4.69, 9.17) is 20.6 Å². The molecule has 0 radical (unpaired) electrons. The highest BCUT2D eigenvalue weighted by Gasteiger charge is 2.13. The largest absolute Gasteiger partial charge is 0.369 e. The van der Waals surface area contributed by atoms with Gasteiger partial charge in [-0.2, -0.15) is 0 Å². The lowest BCUT2D eigenvalue weighted by Gasteiger charge is -2.22. The molecule has 0 aliphatic carbocycles. The Morgan fingerprint density at radius 2 is 1.50 bits per heavy atom. The molecule has 1 atom stereocenters. The summed E-state index contributed by atoms with van der Waals surface area (Å²) in [5, 5.41) is 0. The van der Waals surface area contributed by atoms with E-state index >= 15 is 0 Å². The molecule has 3 nitrogen and oxygen atoms in total. The van der Waals surface area contributed by atoms with Gasteiger partial charge >= 0.3 is 0 Å². The second kappa shape index (κ2) is 15.3. The van der Waals surface area contributed by atoms with E-state index < -0.39 is 0 Å². The summed E-state index contributed by atoms with van der Waals surface area (Å²) in [4.78, 5) is 0. The normalized spacial score (nSPS) is 18.2. The summed E-state index contributed by atoms with van der Waals surface area (Å²) in [6.07, 6.45) is 20.3. The summed E-state index contributed by atoms with van der Waals surface area (Å²) in [6.45, 7) is 3.01. The van der Waals surface area contributed by atoms with Gasteiger partial charge in [0.1, 0.15) is 6.61 Å². The first-order valence-corrected chi connectivity index (χ1v) is 9.18. The Morgan fingerprint density at radius 1 is 0.864 bits per heavy atom. The van der Waals surface area contributed by atoms with Crippen molar-refractivity contribution in [2.45, 2.75) is 83.3 Å². The summed E-state index contributed by atoms with van der Waals surface area (Å²) < 4.78 is 16.5. The minimum Gasteiger partial charge on any atom is -0.369 e. The second-order valence-electron chi connectivity index (χ2n) is 6.11. The molecule has 1 fully saturated rings. The van der Waals surface area contributed by atoms with E-state index in [-0.39, 0.29) is 6.29 Å². The molecule has 3 heteroatoms. The van der Waals surface area contributed by atoms with Gasteiger partial charge in [-0.15, -0.1) is 6.42 Å². The smallest absolute Gasteiger partial charge is 0.157 e. The molecule has 22 heavy (non-hydrogen) atoms. The molecular formula is C19H34O3. The van der Waals surface area contributed by atoms with Gasteiger partial charge < -0.3 is 14.2 Å². The summed E-state index contributed by atoms with van der Waals surface area (Å²) >= 11 is 0. The molecule has 1 unspecified atom stereocenters. The maximum Gasteiger partial charge on any atom is 0.157 e. The third-order valence-electron chi connectivity index (χ3n) is 4.06. The van der Waals surface area contributed by atoms with Gasteiger partial charge in [0.2, 0.25) is 0 Å². The summed E-state index contributed by atoms with van der Waals surface area (Å²) in [6, 6.07) is 0. The van der Waals surface area contributed by atoms with Crippen molar-refractivity contribution in [3.63, 3.8) is 0 Å². The molecule has 0 bridgehead atoms. The van der Waals surface area contributed by atoms with E-state index in [0.29, 0.717) is 6.61 Å². The first-order valence-electron chi connectivity index (χ1n) is 9.18. The molecule has 0 aromatic heterocycles. The number of unbranched alkanes of at least 4 members (excludes halogenated alkanes) is 8. The van der Waals surface area contributed by atoms with Crippen LogP contribution in [-0.2, 0) is 14.2 Å². The highest BCUT2D eigenvalue weighted by molar-refractivity contribution is 4.82. The van der Waals surface area contributed by atoms with Gasteiger partial charge in [0, 0.05) is 19.8 Å². The van der Waals surface area contributed by atoms with Crippen LogP contribution in [0.15, 0.2) is 0 Å². The van der Waals surface area contributed by atoms with Crippen molar-refractivity contribution in [1.82, 2.24) is 0 Å². The lowest BCUT2D eigenvalue weighted by atomic mass is 10.1. The molecule has 1 aliphatic rings. The summed E-state index contributed by atoms with van der Waals surface area (Å²) in [7, 11) is 0. The van der Waals surface area contributed by atoms with E-state index in [1.54, 1.807) is 0 Å². The van der Waals surface area contributed by atoms with Crippen molar-refractivity contribution in [3.8, 4) is 12.3 Å². The van der Waals surface area contributed by atoms with Crippen LogP contribution in [0.1, 0.15) is 77.0 Å². The Labute approximate surface area is 137 Å². The van der Waals surface area contributed by atoms with Crippen LogP contribution in [0, 0.1) is 12.3 Å². The summed E-state index contributed by atoms with van der Waals surface area (Å²) in [5.41, 5.74) is 0. The van der Waals surface area contributed by atoms with Gasteiger partial charge in [-0.1, -0.05) is 50.9 Å². The quantitative estimate of drug-likeness (QED) is 0.344. The van der Waals surface area contributed by atoms with Crippen molar-refractivity contribution < 1.29 is 14.2 Å². The van der Waals surface area contributed by atoms with Crippen molar-refractivity contribution >= 4 is 0 Å². The van der Waals surface area contributed by atoms with Crippen LogP contribution in [0.3, 0.4) is 0 Å². The van der Waals surface area contributed by atoms with Crippen LogP contribution in [0.2, 0.25) is 0 Å². The molecule has 128 valence electrons. The molecule has 0 saturated carbocycles. The molecule has 1 rings (SSSR count). The van der Waals surface area contributed by atoms with Gasteiger partial charge in [-0.25, -0.2) is 0 Å². The third-order valence-corrected chi connectivity index (χ3v) is 4.06. The monoisotopic (exact) mass is 310 g/mol. The molecular weight excluding hydrogens is 276 g/mol. The zero-order valence-corrected chi connectivity index (χ0v) is 14.2. The number of ether oxygens (including phenoxy) is 3. The first kappa shape index (κ1) is 19.5. The lowest BCUT2D eigenvalue weighted by molar-refractivity contribution is -0.162. The third kappa shape index (κ3) is 12.0. The SMILES string of the molecule is C#CCOCCCCCCCCCCCOC1CCCCO1. The molecule has 0 aromatic rings. The van der Waals surface area contributed by atoms with Crippen LogP contribution >= 0.6 is 0 Å². The van der Waals surface area contributed by atoms with E-state index in [2.05, 4.69) is 5.92 Å². The van der Waals surface area contributed by atoms with Crippen molar-refractivity contribution in [2.75, 3.05) is 26.4 Å². The fourth-order valence-electron chi connectivity index (χ4n) is 2.73. The van der Waals surface area contributed by atoms with E-state index in [0.717, 1.165) is 32.7 Å². The van der Waals surface area contributed by atoms with Crippen molar-refractivity contribution in [3.05, 3.63) is 0 Å². The molecule has 0 aromatic carbocycles. The van der Waals surface area contributed by atoms with Crippen LogP contribution in [-0.4, -0.2) is 32.7 Å². The Balaban J connectivity index is 1.68. The molecule has 1 heterocycles. The molecule has 1 saturated heterocycles. The Bertz CT molecular complexity index is 266. The maximum atomic E-state index is 5.74. The van der Waals surface area contributed by atoms with Crippen LogP contribution in [0.25, 0.3) is 0 Å². The summed E-state index contributed by atoms with van der Waals surface area (Å²) in [5.74, 6) is 2.49. The highest BCUT2D eigenvalue weighted by Crippen LogP contribution is 2.15. The van der Waals surface area contributed by atoms with Crippen LogP contribution in [0.5, 0.6) is 0 Å². The maximum absolute atomic E-state index is 5.74. The molecule has 0 spiro atoms. The van der Waals surface area contributed by atoms with Gasteiger partial charge in [0.05, 0.1) is 0 Å². The fourth-order valence-corrected chi connectivity index (χ4v) is 2.73. The molecule has 1 aliphatic heterocycles. The zero-order valence-electron chi connectivity index (χ0n) is 14.2. The standard InChI is InChI=1S/C19H34O3/c1-2-15-20-16-11-8-6-4-3-5-7-9-12-17-21-19-14-10-13-18-22-19/h1,19H,3-18H2. The predicted octanol–water partition coefficient (Wildman–Crippen LogP) is 4.69. The second-order valence-corrected chi connectivity index (χ2v) is 6.11. The van der Waals surface area contributed by atoms with Gasteiger partial charge in [-0.05, 0) is 32.1 Å². The molecule has 0 N–H and O–H groups in total. The number of hydrogen-bond donors (Lipinski definition) is 0. The minimum atomic E-state index is 0.0818. The van der Waals surface area contributed by atoms with E-state index in [1.807, 2.05) is 0 Å². The molecule has 0 amide bonds. The van der Waals surface area contributed by atoms with E-state index in [9.17, 15) is 0 Å². The number of hydrogen-bond acceptors (Lipinski definition) is 3. The number of rotatable bonds is 14. The Morgan fingerprint density at radius 3 is 2.09 bits per heavy atom. The fraction of sp³-hybridized carbons (Fsp3) is 0.895. The minimum absolute atomic E-state index is 0.0818. The van der Waals surface area contributed by atoms with Gasteiger partial charge in [-0.3, -0.25) is 0 Å². The van der Waals surface area contributed by atoms with Crippen LogP contribution in [0.4, 0.5) is 0 Å². The average molecular weight is 310 g/mol. The van der Waals surface area contributed by atoms with E-state index in [1.165, 1.54) is 64.2 Å². The number of terminal acetylenes is 1. The zero-order chi connectivity index (χ0) is 15.7. The predicted molar refractivity (Wildman–Crippen MR) is 90.7 cm³/mol. The van der Waals surface area contributed by atoms with Gasteiger partial charge in [0.15, 0.2) is 6.29 Å². The van der Waals surface area contributed by atoms with Gasteiger partial charge in [0.25, 0.3) is 0 Å².